The van der Waals surface area contributed by atoms with Crippen LogP contribution in [-0.4, -0.2) is 45.0 Å². The smallest absolute Gasteiger partial charge is 0.387 e. The Morgan fingerprint density at radius 1 is 1.18 bits per heavy atom. The van der Waals surface area contributed by atoms with Crippen LogP contribution in [-0.2, 0) is 11.3 Å². The fourth-order valence-electron chi connectivity index (χ4n) is 2.39. The number of benzene rings is 2. The molecule has 0 spiro atoms. The summed E-state index contributed by atoms with van der Waals surface area (Å²) in [6, 6.07) is 15.8. The first-order chi connectivity index (χ1) is 13.5. The number of amides is 1. The molecule has 2 aromatic carbocycles. The predicted octanol–water partition coefficient (Wildman–Crippen LogP) is 3.62. The van der Waals surface area contributed by atoms with Crippen LogP contribution < -0.4 is 4.74 Å². The molecule has 6 nitrogen and oxygen atoms in total. The van der Waals surface area contributed by atoms with Gasteiger partial charge in [-0.1, -0.05) is 42.1 Å². The minimum absolute atomic E-state index is 0.0864. The molecule has 28 heavy (non-hydrogen) atoms. The molecule has 1 heterocycles. The molecule has 0 aliphatic carbocycles. The third-order valence-corrected chi connectivity index (χ3v) is 4.65. The number of aromatic nitrogens is 3. The first-order valence-corrected chi connectivity index (χ1v) is 9.37. The van der Waals surface area contributed by atoms with Gasteiger partial charge in [0.15, 0.2) is 0 Å². The second-order valence-corrected chi connectivity index (χ2v) is 6.81. The van der Waals surface area contributed by atoms with Crippen LogP contribution in [0.1, 0.15) is 5.56 Å². The number of carbonyl (C=O) groups excluding carboxylic acids is 1. The highest BCUT2D eigenvalue weighted by Crippen LogP contribution is 2.17. The summed E-state index contributed by atoms with van der Waals surface area (Å²) in [5.74, 6) is 0.194. The summed E-state index contributed by atoms with van der Waals surface area (Å²) in [6.07, 6.45) is 1.61. The number of thioether (sulfide) groups is 1. The molecule has 0 saturated heterocycles. The Bertz CT molecular complexity index is 904. The lowest BCUT2D eigenvalue weighted by atomic mass is 10.2. The lowest BCUT2D eigenvalue weighted by Crippen LogP contribution is -2.27. The maximum Gasteiger partial charge on any atom is 0.387 e. The SMILES string of the molecule is CN(Cc1ccc(OC(F)F)cc1)C(=O)CSc1ncn(-c2ccccc2)n1. The van der Waals surface area contributed by atoms with Crippen LogP contribution in [0.5, 0.6) is 5.75 Å². The van der Waals surface area contributed by atoms with Gasteiger partial charge in [-0.3, -0.25) is 4.79 Å². The van der Waals surface area contributed by atoms with Crippen LogP contribution in [0.15, 0.2) is 66.1 Å². The number of para-hydroxylation sites is 1. The lowest BCUT2D eigenvalue weighted by molar-refractivity contribution is -0.127. The van der Waals surface area contributed by atoms with Gasteiger partial charge in [-0.05, 0) is 29.8 Å². The molecule has 1 aromatic heterocycles. The van der Waals surface area contributed by atoms with Gasteiger partial charge in [0.1, 0.15) is 12.1 Å². The summed E-state index contributed by atoms with van der Waals surface area (Å²) in [4.78, 5) is 18.1. The zero-order chi connectivity index (χ0) is 19.9. The van der Waals surface area contributed by atoms with E-state index >= 15 is 0 Å². The Kier molecular flexibility index (Phi) is 6.59. The van der Waals surface area contributed by atoms with Gasteiger partial charge in [-0.2, -0.15) is 8.78 Å². The average Bonchev–Trinajstić information content (AvgIpc) is 3.17. The molecule has 3 rings (SSSR count). The second kappa shape index (κ2) is 9.32. The molecule has 3 aromatic rings. The van der Waals surface area contributed by atoms with Crippen molar-refractivity contribution in [3.63, 3.8) is 0 Å². The van der Waals surface area contributed by atoms with Crippen LogP contribution in [0, 0.1) is 0 Å². The van der Waals surface area contributed by atoms with Gasteiger partial charge in [0.2, 0.25) is 11.1 Å². The molecule has 0 atom stereocenters. The van der Waals surface area contributed by atoms with E-state index in [1.165, 1.54) is 23.9 Å². The number of ether oxygens (including phenoxy) is 1. The molecule has 0 radical (unpaired) electrons. The highest BCUT2D eigenvalue weighted by molar-refractivity contribution is 7.99. The second-order valence-electron chi connectivity index (χ2n) is 5.87. The van der Waals surface area contributed by atoms with Gasteiger partial charge in [-0.15, -0.1) is 5.10 Å². The maximum atomic E-state index is 12.3. The van der Waals surface area contributed by atoms with Crippen LogP contribution in [0.2, 0.25) is 0 Å². The molecule has 0 aliphatic rings. The van der Waals surface area contributed by atoms with E-state index in [2.05, 4.69) is 14.8 Å². The zero-order valence-electron chi connectivity index (χ0n) is 15.0. The van der Waals surface area contributed by atoms with Gasteiger partial charge < -0.3 is 9.64 Å². The summed E-state index contributed by atoms with van der Waals surface area (Å²) in [5.41, 5.74) is 1.71. The van der Waals surface area contributed by atoms with Crippen molar-refractivity contribution < 1.29 is 18.3 Å². The van der Waals surface area contributed by atoms with E-state index in [0.717, 1.165) is 11.3 Å². The fraction of sp³-hybridized carbons (Fsp3) is 0.211. The van der Waals surface area contributed by atoms with Crippen molar-refractivity contribution in [2.45, 2.75) is 18.3 Å². The van der Waals surface area contributed by atoms with E-state index in [1.807, 2.05) is 30.3 Å². The molecule has 146 valence electrons. The number of hydrogen-bond donors (Lipinski definition) is 0. The van der Waals surface area contributed by atoms with E-state index in [9.17, 15) is 13.6 Å². The van der Waals surface area contributed by atoms with Crippen LogP contribution in [0.3, 0.4) is 0 Å². The van der Waals surface area contributed by atoms with Crippen molar-refractivity contribution in [2.75, 3.05) is 12.8 Å². The third-order valence-electron chi connectivity index (χ3n) is 3.81. The molecule has 0 N–H and O–H groups in total. The number of hydrogen-bond acceptors (Lipinski definition) is 5. The largest absolute Gasteiger partial charge is 0.435 e. The van der Waals surface area contributed by atoms with Crippen molar-refractivity contribution in [1.82, 2.24) is 19.7 Å². The molecular weight excluding hydrogens is 386 g/mol. The Balaban J connectivity index is 1.50. The van der Waals surface area contributed by atoms with Gasteiger partial charge in [0, 0.05) is 13.6 Å². The predicted molar refractivity (Wildman–Crippen MR) is 102 cm³/mol. The van der Waals surface area contributed by atoms with Crippen LogP contribution in [0.25, 0.3) is 5.69 Å². The maximum absolute atomic E-state index is 12.3. The van der Waals surface area contributed by atoms with E-state index in [-0.39, 0.29) is 17.4 Å². The fourth-order valence-corrected chi connectivity index (χ4v) is 3.13. The Labute approximate surface area is 165 Å². The number of nitrogens with zero attached hydrogens (tertiary/aromatic N) is 4. The minimum atomic E-state index is -2.86. The first-order valence-electron chi connectivity index (χ1n) is 8.39. The Morgan fingerprint density at radius 3 is 2.57 bits per heavy atom. The third kappa shape index (κ3) is 5.53. The number of alkyl halides is 2. The number of rotatable bonds is 8. The number of halogens is 2. The molecule has 0 aliphatic heterocycles. The standard InChI is InChI=1S/C19H18F2N4O2S/c1-24(11-14-7-9-16(10-8-14)27-18(20)21)17(26)12-28-19-22-13-25(23-19)15-5-3-2-4-6-15/h2-10,13,18H,11-12H2,1H3. The van der Waals surface area contributed by atoms with Crippen molar-refractivity contribution in [1.29, 1.82) is 0 Å². The number of carbonyl (C=O) groups is 1. The summed E-state index contributed by atoms with van der Waals surface area (Å²) < 4.78 is 30.3. The molecule has 0 bridgehead atoms. The average molecular weight is 404 g/mol. The lowest BCUT2D eigenvalue weighted by Gasteiger charge is -2.17. The topological polar surface area (TPSA) is 60.2 Å². The molecule has 1 amide bonds. The van der Waals surface area contributed by atoms with E-state index < -0.39 is 6.61 Å². The summed E-state index contributed by atoms with van der Waals surface area (Å²) in [7, 11) is 1.68. The Morgan fingerprint density at radius 2 is 1.89 bits per heavy atom. The quantitative estimate of drug-likeness (QED) is 0.537. The molecule has 0 unspecified atom stereocenters. The highest BCUT2D eigenvalue weighted by atomic mass is 32.2. The normalized spacial score (nSPS) is 10.9. The summed E-state index contributed by atoms with van der Waals surface area (Å²) >= 11 is 1.25. The minimum Gasteiger partial charge on any atom is -0.435 e. The summed E-state index contributed by atoms with van der Waals surface area (Å²) in [6.45, 7) is -2.49. The van der Waals surface area contributed by atoms with Crippen LogP contribution in [0.4, 0.5) is 8.78 Å². The van der Waals surface area contributed by atoms with Gasteiger partial charge in [0.25, 0.3) is 0 Å². The van der Waals surface area contributed by atoms with Gasteiger partial charge in [-0.25, -0.2) is 9.67 Å². The van der Waals surface area contributed by atoms with Crippen LogP contribution >= 0.6 is 11.8 Å². The zero-order valence-corrected chi connectivity index (χ0v) is 15.9. The molecule has 0 fully saturated rings. The summed E-state index contributed by atoms with van der Waals surface area (Å²) in [5, 5.41) is 4.86. The highest BCUT2D eigenvalue weighted by Gasteiger charge is 2.12. The molecule has 9 heteroatoms. The van der Waals surface area contributed by atoms with Crippen molar-refractivity contribution in [3.8, 4) is 11.4 Å². The first kappa shape index (κ1) is 19.8. The van der Waals surface area contributed by atoms with Crippen molar-refractivity contribution >= 4 is 17.7 Å². The molecular formula is C19H18F2N4O2S. The van der Waals surface area contributed by atoms with E-state index in [0.29, 0.717) is 11.7 Å². The van der Waals surface area contributed by atoms with Crippen molar-refractivity contribution in [2.24, 2.45) is 0 Å². The Hall–Kier alpha value is -2.94. The van der Waals surface area contributed by atoms with E-state index in [4.69, 9.17) is 0 Å². The van der Waals surface area contributed by atoms with Gasteiger partial charge >= 0.3 is 6.61 Å². The molecule has 0 saturated carbocycles. The monoisotopic (exact) mass is 404 g/mol. The van der Waals surface area contributed by atoms with Gasteiger partial charge in [0.05, 0.1) is 11.4 Å². The van der Waals surface area contributed by atoms with Crippen molar-refractivity contribution in [3.05, 3.63) is 66.5 Å². The van der Waals surface area contributed by atoms with E-state index in [1.54, 1.807) is 35.1 Å².